The maximum atomic E-state index is 11.8. The number of esters is 1. The van der Waals surface area contributed by atoms with E-state index in [2.05, 4.69) is 5.32 Å². The number of amides is 3. The first kappa shape index (κ1) is 19.0. The molecule has 1 rings (SSSR count). The lowest BCUT2D eigenvalue weighted by Crippen LogP contribution is -2.43. The molecule has 0 saturated heterocycles. The average Bonchev–Trinajstić information content (AvgIpc) is 2.59. The molecule has 130 valence electrons. The molecule has 8 heteroatoms. The van der Waals surface area contributed by atoms with E-state index in [1.54, 1.807) is 18.2 Å². The molecule has 0 saturated carbocycles. The van der Waals surface area contributed by atoms with E-state index in [0.29, 0.717) is 17.1 Å². The molecule has 24 heavy (non-hydrogen) atoms. The summed E-state index contributed by atoms with van der Waals surface area (Å²) >= 11 is 0. The van der Waals surface area contributed by atoms with Crippen molar-refractivity contribution in [2.75, 3.05) is 21.3 Å². The van der Waals surface area contributed by atoms with Crippen LogP contribution in [-0.2, 0) is 14.3 Å². The number of rotatable bonds is 6. The minimum atomic E-state index is -1.12. The summed E-state index contributed by atoms with van der Waals surface area (Å²) < 4.78 is 15.2. The molecular formula is C16H20N2O6. The predicted octanol–water partition coefficient (Wildman–Crippen LogP) is 1.10. The highest BCUT2D eigenvalue weighted by Gasteiger charge is 2.18. The van der Waals surface area contributed by atoms with Crippen LogP contribution in [-0.4, -0.2) is 45.3 Å². The van der Waals surface area contributed by atoms with Gasteiger partial charge in [0.05, 0.1) is 14.2 Å². The van der Waals surface area contributed by atoms with Gasteiger partial charge < -0.3 is 19.5 Å². The van der Waals surface area contributed by atoms with Crippen molar-refractivity contribution in [1.82, 2.24) is 10.6 Å². The largest absolute Gasteiger partial charge is 0.497 e. The Bertz CT molecular complexity index is 641. The molecule has 0 aliphatic heterocycles. The molecule has 3 amide bonds. The van der Waals surface area contributed by atoms with Crippen LogP contribution in [0.1, 0.15) is 12.5 Å². The van der Waals surface area contributed by atoms with Gasteiger partial charge in [0.2, 0.25) is 0 Å². The maximum absolute atomic E-state index is 11.8. The highest BCUT2D eigenvalue weighted by atomic mass is 16.5. The summed E-state index contributed by atoms with van der Waals surface area (Å²) in [5.41, 5.74) is 0.608. The van der Waals surface area contributed by atoms with Gasteiger partial charge in [-0.2, -0.15) is 0 Å². The smallest absolute Gasteiger partial charge is 0.331 e. The SMILES string of the molecule is CNC(=O)NC(=O)[C@H](C)OC(=O)/C=C/c1cc(OC)ccc1OC. The Kier molecular flexibility index (Phi) is 7.28. The van der Waals surface area contributed by atoms with Crippen LogP contribution in [0.15, 0.2) is 24.3 Å². The fraction of sp³-hybridized carbons (Fsp3) is 0.312. The van der Waals surface area contributed by atoms with E-state index >= 15 is 0 Å². The van der Waals surface area contributed by atoms with Gasteiger partial charge in [0.25, 0.3) is 5.91 Å². The van der Waals surface area contributed by atoms with Crippen LogP contribution >= 0.6 is 0 Å². The quantitative estimate of drug-likeness (QED) is 0.596. The molecule has 1 aromatic rings. The number of nitrogens with one attached hydrogen (secondary N) is 2. The topological polar surface area (TPSA) is 103 Å². The Hall–Kier alpha value is -3.03. The number of hydrogen-bond donors (Lipinski definition) is 2. The molecule has 2 N–H and O–H groups in total. The number of carbonyl (C=O) groups is 3. The summed E-state index contributed by atoms with van der Waals surface area (Å²) in [4.78, 5) is 34.4. The van der Waals surface area contributed by atoms with Gasteiger partial charge in [0, 0.05) is 18.7 Å². The van der Waals surface area contributed by atoms with Crippen LogP contribution in [0.25, 0.3) is 6.08 Å². The van der Waals surface area contributed by atoms with Crippen LogP contribution in [0.4, 0.5) is 4.79 Å². The number of hydrogen-bond acceptors (Lipinski definition) is 6. The monoisotopic (exact) mass is 336 g/mol. The fourth-order valence-electron chi connectivity index (χ4n) is 1.67. The zero-order valence-electron chi connectivity index (χ0n) is 13.9. The molecule has 0 fully saturated rings. The fourth-order valence-corrected chi connectivity index (χ4v) is 1.67. The molecule has 0 radical (unpaired) electrons. The van der Waals surface area contributed by atoms with Crippen LogP contribution in [0.2, 0.25) is 0 Å². The lowest BCUT2D eigenvalue weighted by Gasteiger charge is -2.11. The second kappa shape index (κ2) is 9.19. The highest BCUT2D eigenvalue weighted by Crippen LogP contribution is 2.25. The van der Waals surface area contributed by atoms with E-state index in [1.807, 2.05) is 5.32 Å². The van der Waals surface area contributed by atoms with Crippen LogP contribution in [0.5, 0.6) is 11.5 Å². The lowest BCUT2D eigenvalue weighted by molar-refractivity contribution is -0.149. The molecule has 0 spiro atoms. The van der Waals surface area contributed by atoms with E-state index < -0.39 is 24.0 Å². The van der Waals surface area contributed by atoms with Crippen molar-refractivity contribution in [2.24, 2.45) is 0 Å². The number of methoxy groups -OCH3 is 2. The first-order chi connectivity index (χ1) is 11.4. The average molecular weight is 336 g/mol. The third kappa shape index (κ3) is 5.64. The van der Waals surface area contributed by atoms with Crippen molar-refractivity contribution in [1.29, 1.82) is 0 Å². The zero-order chi connectivity index (χ0) is 18.1. The Morgan fingerprint density at radius 3 is 2.46 bits per heavy atom. The molecule has 0 bridgehead atoms. The second-order valence-electron chi connectivity index (χ2n) is 4.59. The van der Waals surface area contributed by atoms with Gasteiger partial charge in [-0.25, -0.2) is 9.59 Å². The van der Waals surface area contributed by atoms with Crippen LogP contribution < -0.4 is 20.1 Å². The third-order valence-electron chi connectivity index (χ3n) is 2.96. The van der Waals surface area contributed by atoms with Crippen molar-refractivity contribution >= 4 is 24.0 Å². The van der Waals surface area contributed by atoms with Gasteiger partial charge >= 0.3 is 12.0 Å². The highest BCUT2D eigenvalue weighted by molar-refractivity contribution is 5.98. The first-order valence-electron chi connectivity index (χ1n) is 7.04. The molecule has 0 aliphatic carbocycles. The van der Waals surface area contributed by atoms with Crippen molar-refractivity contribution in [3.8, 4) is 11.5 Å². The van der Waals surface area contributed by atoms with Gasteiger partial charge in [-0.15, -0.1) is 0 Å². The van der Waals surface area contributed by atoms with E-state index in [-0.39, 0.29) is 0 Å². The Balaban J connectivity index is 2.72. The van der Waals surface area contributed by atoms with Gasteiger partial charge in [-0.05, 0) is 31.2 Å². The van der Waals surface area contributed by atoms with Gasteiger partial charge in [0.15, 0.2) is 6.10 Å². The Morgan fingerprint density at radius 2 is 1.88 bits per heavy atom. The molecule has 1 aromatic carbocycles. The first-order valence-corrected chi connectivity index (χ1v) is 7.04. The molecule has 1 atom stereocenters. The van der Waals surface area contributed by atoms with Crippen molar-refractivity contribution in [3.63, 3.8) is 0 Å². The number of urea groups is 1. The maximum Gasteiger partial charge on any atom is 0.331 e. The van der Waals surface area contributed by atoms with E-state index in [4.69, 9.17) is 14.2 Å². The number of ether oxygens (including phenoxy) is 3. The Labute approximate surface area is 139 Å². The normalized spacial score (nSPS) is 11.5. The molecule has 8 nitrogen and oxygen atoms in total. The summed E-state index contributed by atoms with van der Waals surface area (Å²) in [6.45, 7) is 1.36. The summed E-state index contributed by atoms with van der Waals surface area (Å²) in [7, 11) is 4.39. The summed E-state index contributed by atoms with van der Waals surface area (Å²) in [5, 5.41) is 4.24. The lowest BCUT2D eigenvalue weighted by atomic mass is 10.1. The summed E-state index contributed by atoms with van der Waals surface area (Å²) in [5.74, 6) is -0.318. The molecule has 0 aliphatic rings. The summed E-state index contributed by atoms with van der Waals surface area (Å²) in [6, 6.07) is 4.42. The van der Waals surface area contributed by atoms with Crippen molar-refractivity contribution < 1.29 is 28.6 Å². The van der Waals surface area contributed by atoms with Crippen LogP contribution in [0.3, 0.4) is 0 Å². The molecule has 0 unspecified atom stereocenters. The standard InChI is InChI=1S/C16H20N2O6/c1-10(15(20)18-16(21)17-2)24-14(19)8-5-11-9-12(22-3)6-7-13(11)23-4/h5-10H,1-4H3,(H2,17,18,20,21)/b8-5+/t10-/m0/s1. The van der Waals surface area contributed by atoms with E-state index in [9.17, 15) is 14.4 Å². The van der Waals surface area contributed by atoms with Crippen LogP contribution in [0, 0.1) is 0 Å². The minimum absolute atomic E-state index is 0.547. The number of imide groups is 1. The molecule has 0 heterocycles. The van der Waals surface area contributed by atoms with Gasteiger partial charge in [-0.1, -0.05) is 0 Å². The van der Waals surface area contributed by atoms with Gasteiger partial charge in [0.1, 0.15) is 11.5 Å². The van der Waals surface area contributed by atoms with Crippen molar-refractivity contribution in [3.05, 3.63) is 29.8 Å². The van der Waals surface area contributed by atoms with Crippen molar-refractivity contribution in [2.45, 2.75) is 13.0 Å². The number of benzene rings is 1. The molecule has 0 aromatic heterocycles. The van der Waals surface area contributed by atoms with E-state index in [1.165, 1.54) is 34.3 Å². The minimum Gasteiger partial charge on any atom is -0.497 e. The van der Waals surface area contributed by atoms with Gasteiger partial charge in [-0.3, -0.25) is 10.1 Å². The second-order valence-corrected chi connectivity index (χ2v) is 4.59. The number of carbonyl (C=O) groups excluding carboxylic acids is 3. The third-order valence-corrected chi connectivity index (χ3v) is 2.96. The Morgan fingerprint density at radius 1 is 1.17 bits per heavy atom. The van der Waals surface area contributed by atoms with E-state index in [0.717, 1.165) is 6.08 Å². The zero-order valence-corrected chi connectivity index (χ0v) is 13.9. The predicted molar refractivity (Wildman–Crippen MR) is 86.7 cm³/mol. The summed E-state index contributed by atoms with van der Waals surface area (Å²) in [6.07, 6.45) is 1.51. The molecular weight excluding hydrogens is 316 g/mol.